The van der Waals surface area contributed by atoms with Crippen molar-refractivity contribution in [2.45, 2.75) is 31.5 Å². The number of amides is 1. The van der Waals surface area contributed by atoms with Gasteiger partial charge in [0.2, 0.25) is 0 Å². The normalized spacial score (nSPS) is 15.9. The van der Waals surface area contributed by atoms with Crippen LogP contribution < -0.4 is 10.6 Å². The van der Waals surface area contributed by atoms with E-state index in [1.54, 1.807) is 5.32 Å². The molecule has 0 spiro atoms. The quantitative estimate of drug-likeness (QED) is 0.815. The van der Waals surface area contributed by atoms with Gasteiger partial charge >= 0.3 is 12.1 Å². The summed E-state index contributed by atoms with van der Waals surface area (Å²) in [5.74, 6) is -3.95. The molecule has 2 rings (SSSR count). The second-order valence-electron chi connectivity index (χ2n) is 5.17. The fourth-order valence-corrected chi connectivity index (χ4v) is 2.47. The third-order valence-corrected chi connectivity index (χ3v) is 3.64. The van der Waals surface area contributed by atoms with E-state index >= 15 is 0 Å². The minimum atomic E-state index is -5.03. The van der Waals surface area contributed by atoms with Crippen LogP contribution in [-0.4, -0.2) is 25.2 Å². The molecule has 1 saturated heterocycles. The number of piperidine rings is 1. The van der Waals surface area contributed by atoms with Crippen LogP contribution in [-0.2, 0) is 11.3 Å². The first kappa shape index (κ1) is 19.6. The van der Waals surface area contributed by atoms with Gasteiger partial charge in [-0.1, -0.05) is 0 Å². The highest BCUT2D eigenvalue weighted by molar-refractivity contribution is 5.85. The minimum Gasteiger partial charge on any atom is -0.344 e. The number of hydrogen-bond acceptors (Lipinski definition) is 2. The van der Waals surface area contributed by atoms with E-state index in [4.69, 9.17) is 0 Å². The zero-order valence-electron chi connectivity index (χ0n) is 12.0. The number of hydrogen-bond donors (Lipinski definition) is 2. The largest absolute Gasteiger partial charge is 0.471 e. The Hall–Kier alpha value is -1.41. The van der Waals surface area contributed by atoms with Gasteiger partial charge in [0.1, 0.15) is 11.6 Å². The number of halogens is 6. The fraction of sp³-hybridized carbons (Fsp3) is 0.500. The van der Waals surface area contributed by atoms with Crippen LogP contribution in [0, 0.1) is 11.6 Å². The van der Waals surface area contributed by atoms with Gasteiger partial charge in [0.25, 0.3) is 0 Å². The van der Waals surface area contributed by atoms with Crippen LogP contribution >= 0.6 is 12.4 Å². The molecule has 1 fully saturated rings. The lowest BCUT2D eigenvalue weighted by Crippen LogP contribution is -2.36. The lowest BCUT2D eigenvalue weighted by molar-refractivity contribution is -0.173. The van der Waals surface area contributed by atoms with Gasteiger partial charge in [-0.05, 0) is 43.5 Å². The molecule has 0 aliphatic carbocycles. The average molecular weight is 359 g/mol. The Morgan fingerprint density at radius 2 is 1.78 bits per heavy atom. The van der Waals surface area contributed by atoms with E-state index in [-0.39, 0.29) is 29.5 Å². The van der Waals surface area contributed by atoms with Crippen LogP contribution in [0.2, 0.25) is 0 Å². The summed E-state index contributed by atoms with van der Waals surface area (Å²) in [6.45, 7) is 0.756. The van der Waals surface area contributed by atoms with E-state index < -0.39 is 30.3 Å². The molecule has 1 amide bonds. The summed E-state index contributed by atoms with van der Waals surface area (Å²) in [6, 6.07) is 1.86. The number of carbonyl (C=O) groups excluding carboxylic acids is 1. The standard InChI is InChI=1S/C14H15F5N2O.ClH/c15-11-6-12(16)10(8-1-3-20-4-2-8)5-9(11)7-21-13(22)14(17,18)19;/h5-6,8,20H,1-4,7H2,(H,21,22);1H. The molecule has 0 radical (unpaired) electrons. The van der Waals surface area contributed by atoms with Gasteiger partial charge < -0.3 is 10.6 Å². The highest BCUT2D eigenvalue weighted by Crippen LogP contribution is 2.29. The fourth-order valence-electron chi connectivity index (χ4n) is 2.47. The summed E-state index contributed by atoms with van der Waals surface area (Å²) in [6.07, 6.45) is -3.71. The van der Waals surface area contributed by atoms with Crippen molar-refractivity contribution in [1.29, 1.82) is 0 Å². The molecule has 0 bridgehead atoms. The number of alkyl halides is 3. The Balaban J connectivity index is 0.00000264. The molecular weight excluding hydrogens is 343 g/mol. The zero-order valence-corrected chi connectivity index (χ0v) is 12.8. The van der Waals surface area contributed by atoms with Crippen LogP contribution in [0.5, 0.6) is 0 Å². The molecule has 130 valence electrons. The van der Waals surface area contributed by atoms with E-state index in [2.05, 4.69) is 5.32 Å². The SMILES string of the molecule is Cl.O=C(NCc1cc(C2CCNCC2)c(F)cc1F)C(F)(F)F. The summed E-state index contributed by atoms with van der Waals surface area (Å²) in [7, 11) is 0. The first-order valence-corrected chi connectivity index (χ1v) is 6.82. The first-order valence-electron chi connectivity index (χ1n) is 6.82. The van der Waals surface area contributed by atoms with E-state index in [1.165, 1.54) is 6.07 Å². The van der Waals surface area contributed by atoms with Crippen LogP contribution in [0.4, 0.5) is 22.0 Å². The molecule has 3 nitrogen and oxygen atoms in total. The Morgan fingerprint density at radius 3 is 2.35 bits per heavy atom. The van der Waals surface area contributed by atoms with Crippen molar-refractivity contribution >= 4 is 18.3 Å². The second kappa shape index (κ2) is 7.92. The molecule has 1 aromatic rings. The number of carbonyl (C=O) groups is 1. The van der Waals surface area contributed by atoms with Crippen molar-refractivity contribution < 1.29 is 26.7 Å². The van der Waals surface area contributed by atoms with Crippen molar-refractivity contribution in [3.05, 3.63) is 34.9 Å². The van der Waals surface area contributed by atoms with Gasteiger partial charge in [0, 0.05) is 18.2 Å². The van der Waals surface area contributed by atoms with Crippen molar-refractivity contribution in [2.24, 2.45) is 0 Å². The summed E-state index contributed by atoms with van der Waals surface area (Å²) in [5, 5.41) is 4.70. The van der Waals surface area contributed by atoms with Crippen molar-refractivity contribution in [3.63, 3.8) is 0 Å². The highest BCUT2D eigenvalue weighted by Gasteiger charge is 2.38. The number of benzene rings is 1. The Morgan fingerprint density at radius 1 is 1.17 bits per heavy atom. The van der Waals surface area contributed by atoms with Crippen LogP contribution in [0.15, 0.2) is 12.1 Å². The second-order valence-corrected chi connectivity index (χ2v) is 5.17. The summed E-state index contributed by atoms with van der Waals surface area (Å²) in [4.78, 5) is 10.8. The maximum absolute atomic E-state index is 13.9. The third-order valence-electron chi connectivity index (χ3n) is 3.64. The molecule has 0 unspecified atom stereocenters. The molecule has 2 N–H and O–H groups in total. The molecule has 1 heterocycles. The molecule has 0 aromatic heterocycles. The van der Waals surface area contributed by atoms with E-state index in [0.717, 1.165) is 0 Å². The van der Waals surface area contributed by atoms with E-state index in [0.29, 0.717) is 32.0 Å². The van der Waals surface area contributed by atoms with Gasteiger partial charge in [-0.25, -0.2) is 8.78 Å². The molecule has 0 atom stereocenters. The van der Waals surface area contributed by atoms with Gasteiger partial charge in [-0.2, -0.15) is 13.2 Å². The Bertz CT molecular complexity index is 559. The lowest BCUT2D eigenvalue weighted by atomic mass is 9.89. The molecule has 23 heavy (non-hydrogen) atoms. The maximum Gasteiger partial charge on any atom is 0.471 e. The predicted molar refractivity (Wildman–Crippen MR) is 76.4 cm³/mol. The van der Waals surface area contributed by atoms with Crippen LogP contribution in [0.3, 0.4) is 0 Å². The molecule has 1 aliphatic heterocycles. The van der Waals surface area contributed by atoms with E-state index in [1.807, 2.05) is 0 Å². The van der Waals surface area contributed by atoms with Crippen LogP contribution in [0.1, 0.15) is 29.9 Å². The van der Waals surface area contributed by atoms with Crippen molar-refractivity contribution in [3.8, 4) is 0 Å². The Labute approximate surface area is 136 Å². The van der Waals surface area contributed by atoms with Gasteiger partial charge in [0.15, 0.2) is 0 Å². The molecule has 1 aliphatic rings. The zero-order chi connectivity index (χ0) is 16.3. The van der Waals surface area contributed by atoms with Gasteiger partial charge in [0.05, 0.1) is 0 Å². The Kier molecular flexibility index (Phi) is 6.76. The minimum absolute atomic E-state index is 0. The summed E-state index contributed by atoms with van der Waals surface area (Å²) < 4.78 is 63.9. The monoisotopic (exact) mass is 358 g/mol. The van der Waals surface area contributed by atoms with Gasteiger partial charge in [-0.15, -0.1) is 12.4 Å². The number of rotatable bonds is 3. The summed E-state index contributed by atoms with van der Waals surface area (Å²) in [5.41, 5.74) is 0.117. The average Bonchev–Trinajstić information content (AvgIpc) is 2.46. The van der Waals surface area contributed by atoms with Crippen molar-refractivity contribution in [1.82, 2.24) is 10.6 Å². The van der Waals surface area contributed by atoms with Crippen LogP contribution in [0.25, 0.3) is 0 Å². The smallest absolute Gasteiger partial charge is 0.344 e. The topological polar surface area (TPSA) is 41.1 Å². The predicted octanol–water partition coefficient (Wildman–Crippen LogP) is 3.03. The third kappa shape index (κ3) is 5.04. The lowest BCUT2D eigenvalue weighted by Gasteiger charge is -2.24. The van der Waals surface area contributed by atoms with E-state index in [9.17, 15) is 26.7 Å². The molecule has 9 heteroatoms. The maximum atomic E-state index is 13.9. The highest BCUT2D eigenvalue weighted by atomic mass is 35.5. The number of nitrogens with one attached hydrogen (secondary N) is 2. The summed E-state index contributed by atoms with van der Waals surface area (Å²) >= 11 is 0. The molecule has 1 aromatic carbocycles. The molecular formula is C14H16ClF5N2O. The first-order chi connectivity index (χ1) is 10.3. The molecule has 0 saturated carbocycles. The van der Waals surface area contributed by atoms with Crippen molar-refractivity contribution in [2.75, 3.05) is 13.1 Å². The van der Waals surface area contributed by atoms with Gasteiger partial charge in [-0.3, -0.25) is 4.79 Å².